The molecular formula is C22H28O4. The predicted molar refractivity (Wildman–Crippen MR) is 94.2 cm³/mol. The van der Waals surface area contributed by atoms with Gasteiger partial charge >= 0.3 is 0 Å². The molecule has 4 saturated carbocycles. The number of allylic oxidation sites excluding steroid dienone is 1. The first-order valence-electron chi connectivity index (χ1n) is 10.3. The van der Waals surface area contributed by atoms with E-state index in [9.17, 15) is 9.59 Å². The summed E-state index contributed by atoms with van der Waals surface area (Å²) in [7, 11) is 0. The standard InChI is InChI=1S/C22H28O4/c1-19-6-4-12(24)8-16(19)13-9-14(13)18-15-5-7-21(3,25-11-23)20(15,2)10-17-22(18,19)26-17/h11,14-15,17-18H,4-10H2,1-3H3/t14-,15-,17+,18-,19-,20-,21-,22+/m0/s1. The first-order valence-corrected chi connectivity index (χ1v) is 10.3. The Bertz CT molecular complexity index is 785. The molecule has 0 bridgehead atoms. The molecule has 0 unspecified atom stereocenters. The largest absolute Gasteiger partial charge is 0.461 e. The summed E-state index contributed by atoms with van der Waals surface area (Å²) in [4.78, 5) is 23.4. The van der Waals surface area contributed by atoms with E-state index in [0.717, 1.165) is 25.7 Å². The number of carbonyl (C=O) groups is 2. The van der Waals surface area contributed by atoms with Crippen LogP contribution in [0.15, 0.2) is 11.1 Å². The minimum absolute atomic E-state index is 0.00467. The third-order valence-corrected chi connectivity index (χ3v) is 9.92. The molecule has 1 aliphatic heterocycles. The van der Waals surface area contributed by atoms with Gasteiger partial charge in [-0.3, -0.25) is 9.59 Å². The molecule has 6 aliphatic rings. The Morgan fingerprint density at radius 2 is 2.04 bits per heavy atom. The van der Waals surface area contributed by atoms with Crippen molar-refractivity contribution in [3.8, 4) is 0 Å². The number of epoxide rings is 1. The molecule has 140 valence electrons. The van der Waals surface area contributed by atoms with Gasteiger partial charge in [0.15, 0.2) is 0 Å². The van der Waals surface area contributed by atoms with E-state index in [4.69, 9.17) is 9.47 Å². The fraction of sp³-hybridized carbons (Fsp3) is 0.818. The van der Waals surface area contributed by atoms with Gasteiger partial charge in [-0.05, 0) is 50.9 Å². The van der Waals surface area contributed by atoms with Crippen molar-refractivity contribution >= 4 is 12.3 Å². The average Bonchev–Trinajstić information content (AvgIpc) is 3.47. The Balaban J connectivity index is 1.48. The molecule has 1 saturated heterocycles. The van der Waals surface area contributed by atoms with Crippen LogP contribution in [0.5, 0.6) is 0 Å². The number of fused-ring (bicyclic) bond motifs is 5. The zero-order valence-electron chi connectivity index (χ0n) is 16.0. The van der Waals surface area contributed by atoms with Crippen LogP contribution in [-0.4, -0.2) is 29.6 Å². The van der Waals surface area contributed by atoms with E-state index in [0.29, 0.717) is 42.9 Å². The lowest BCUT2D eigenvalue weighted by Gasteiger charge is -2.56. The van der Waals surface area contributed by atoms with Crippen molar-refractivity contribution in [1.82, 2.24) is 0 Å². The first-order chi connectivity index (χ1) is 12.3. The van der Waals surface area contributed by atoms with Crippen LogP contribution in [0, 0.1) is 28.6 Å². The summed E-state index contributed by atoms with van der Waals surface area (Å²) in [5.41, 5.74) is 2.65. The lowest BCUT2D eigenvalue weighted by atomic mass is 9.46. The van der Waals surface area contributed by atoms with Crippen LogP contribution in [-0.2, 0) is 19.1 Å². The van der Waals surface area contributed by atoms with Gasteiger partial charge in [0, 0.05) is 29.6 Å². The highest BCUT2D eigenvalue weighted by molar-refractivity contribution is 5.84. The Morgan fingerprint density at radius 3 is 2.81 bits per heavy atom. The maximum Gasteiger partial charge on any atom is 0.293 e. The summed E-state index contributed by atoms with van der Waals surface area (Å²) in [6, 6.07) is 0. The smallest absolute Gasteiger partial charge is 0.293 e. The quantitative estimate of drug-likeness (QED) is 0.431. The van der Waals surface area contributed by atoms with Crippen LogP contribution in [0.1, 0.15) is 65.7 Å². The number of hydrogen-bond acceptors (Lipinski definition) is 4. The van der Waals surface area contributed by atoms with E-state index < -0.39 is 0 Å². The Hall–Kier alpha value is -1.16. The van der Waals surface area contributed by atoms with Crippen molar-refractivity contribution in [3.63, 3.8) is 0 Å². The van der Waals surface area contributed by atoms with Crippen molar-refractivity contribution in [2.24, 2.45) is 28.6 Å². The molecule has 0 aromatic rings. The lowest BCUT2D eigenvalue weighted by Crippen LogP contribution is -2.60. The SMILES string of the molecule is C[C@]12CCC(=O)CC1=C1C[C@@H]1[C@H]1[C@@H]3CC[C@](C)(OC=O)[C@@]3(C)C[C@H]3O[C@@]132. The summed E-state index contributed by atoms with van der Waals surface area (Å²) < 4.78 is 12.4. The van der Waals surface area contributed by atoms with Crippen molar-refractivity contribution in [1.29, 1.82) is 0 Å². The summed E-state index contributed by atoms with van der Waals surface area (Å²) in [5, 5.41) is 0. The topological polar surface area (TPSA) is 55.9 Å². The number of rotatable bonds is 2. The van der Waals surface area contributed by atoms with E-state index >= 15 is 0 Å². The molecule has 5 aliphatic carbocycles. The molecule has 0 amide bonds. The molecular weight excluding hydrogens is 328 g/mol. The Kier molecular flexibility index (Phi) is 2.62. The van der Waals surface area contributed by atoms with E-state index in [-0.39, 0.29) is 28.1 Å². The minimum Gasteiger partial charge on any atom is -0.461 e. The molecule has 6 rings (SSSR count). The fourth-order valence-corrected chi connectivity index (χ4v) is 8.26. The van der Waals surface area contributed by atoms with Crippen molar-refractivity contribution in [2.45, 2.75) is 83.0 Å². The van der Waals surface area contributed by atoms with Crippen LogP contribution in [0.4, 0.5) is 0 Å². The Morgan fingerprint density at radius 1 is 1.23 bits per heavy atom. The average molecular weight is 356 g/mol. The van der Waals surface area contributed by atoms with Gasteiger partial charge in [-0.15, -0.1) is 0 Å². The third-order valence-electron chi connectivity index (χ3n) is 9.92. The summed E-state index contributed by atoms with van der Waals surface area (Å²) in [6.07, 6.45) is 6.82. The number of ketones is 1. The van der Waals surface area contributed by atoms with Gasteiger partial charge in [-0.25, -0.2) is 0 Å². The number of Topliss-reactive ketones (excluding diaryl/α,β-unsaturated/α-hetero) is 1. The van der Waals surface area contributed by atoms with Crippen LogP contribution in [0.3, 0.4) is 0 Å². The molecule has 5 fully saturated rings. The van der Waals surface area contributed by atoms with E-state index in [2.05, 4.69) is 20.8 Å². The van der Waals surface area contributed by atoms with E-state index in [1.165, 1.54) is 12.0 Å². The van der Waals surface area contributed by atoms with Gasteiger partial charge in [-0.2, -0.15) is 0 Å². The second-order valence-electron chi connectivity index (χ2n) is 10.5. The normalized spacial score (nSPS) is 58.8. The molecule has 4 nitrogen and oxygen atoms in total. The van der Waals surface area contributed by atoms with Crippen LogP contribution < -0.4 is 0 Å². The molecule has 1 spiro atoms. The van der Waals surface area contributed by atoms with Crippen LogP contribution in [0.2, 0.25) is 0 Å². The molecule has 8 atom stereocenters. The van der Waals surface area contributed by atoms with Crippen molar-refractivity contribution in [2.75, 3.05) is 0 Å². The first kappa shape index (κ1) is 15.9. The van der Waals surface area contributed by atoms with Gasteiger partial charge in [0.05, 0.1) is 6.10 Å². The second-order valence-corrected chi connectivity index (χ2v) is 10.5. The minimum atomic E-state index is -0.375. The zero-order valence-corrected chi connectivity index (χ0v) is 16.0. The maximum atomic E-state index is 12.2. The second kappa shape index (κ2) is 4.29. The van der Waals surface area contributed by atoms with Gasteiger partial charge < -0.3 is 9.47 Å². The van der Waals surface area contributed by atoms with Gasteiger partial charge in [-0.1, -0.05) is 25.0 Å². The molecule has 0 radical (unpaired) electrons. The van der Waals surface area contributed by atoms with Gasteiger partial charge in [0.2, 0.25) is 0 Å². The molecule has 26 heavy (non-hydrogen) atoms. The number of hydrogen-bond donors (Lipinski definition) is 0. The van der Waals surface area contributed by atoms with Gasteiger partial charge in [0.25, 0.3) is 6.47 Å². The monoisotopic (exact) mass is 356 g/mol. The molecule has 0 N–H and O–H groups in total. The van der Waals surface area contributed by atoms with Crippen molar-refractivity contribution in [3.05, 3.63) is 11.1 Å². The predicted octanol–water partition coefficient (Wildman–Crippen LogP) is 3.58. The zero-order chi connectivity index (χ0) is 18.1. The number of carbonyl (C=O) groups excluding carboxylic acids is 2. The third kappa shape index (κ3) is 1.44. The van der Waals surface area contributed by atoms with E-state index in [1.54, 1.807) is 5.57 Å². The highest BCUT2D eigenvalue weighted by atomic mass is 16.6. The van der Waals surface area contributed by atoms with Crippen LogP contribution in [0.25, 0.3) is 0 Å². The molecule has 0 aromatic heterocycles. The van der Waals surface area contributed by atoms with Gasteiger partial charge in [0.1, 0.15) is 17.0 Å². The Labute approximate surface area is 154 Å². The molecule has 4 heteroatoms. The lowest BCUT2D eigenvalue weighted by molar-refractivity contribution is -0.161. The van der Waals surface area contributed by atoms with Crippen molar-refractivity contribution < 1.29 is 19.1 Å². The highest BCUT2D eigenvalue weighted by Gasteiger charge is 2.83. The van der Waals surface area contributed by atoms with E-state index in [1.807, 2.05) is 0 Å². The summed E-state index contributed by atoms with van der Waals surface area (Å²) >= 11 is 0. The summed E-state index contributed by atoms with van der Waals surface area (Å²) in [5.74, 6) is 2.11. The van der Waals surface area contributed by atoms with Crippen LogP contribution >= 0.6 is 0 Å². The maximum absolute atomic E-state index is 12.2. The number of ether oxygens (including phenoxy) is 2. The fourth-order valence-electron chi connectivity index (χ4n) is 8.26. The molecule has 1 heterocycles. The molecule has 0 aromatic carbocycles. The highest BCUT2D eigenvalue weighted by Crippen LogP contribution is 2.81. The summed E-state index contributed by atoms with van der Waals surface area (Å²) in [6.45, 7) is 7.52.